The maximum Gasteiger partial charge on any atom is 0.529 e. The Hall–Kier alpha value is 0.270. The molecule has 0 saturated carbocycles. The average molecular weight is 333 g/mol. The van der Waals surface area contributed by atoms with E-state index in [0.717, 1.165) is 44.8 Å². The van der Waals surface area contributed by atoms with Gasteiger partial charge in [0, 0.05) is 0 Å². The van der Waals surface area contributed by atoms with Crippen LogP contribution in [0.15, 0.2) is 10.8 Å². The molecular formula is C12H23Cl2O4P. The minimum Gasteiger partial charge on any atom is -0.409 e. The normalized spacial score (nSPS) is 11.4. The van der Waals surface area contributed by atoms with Gasteiger partial charge in [0.25, 0.3) is 0 Å². The highest BCUT2D eigenvalue weighted by Crippen LogP contribution is 2.50. The Morgan fingerprint density at radius 2 is 1.47 bits per heavy atom. The molecule has 0 saturated heterocycles. The number of phosphoric ester groups is 1. The molecule has 0 radical (unpaired) electrons. The lowest BCUT2D eigenvalue weighted by Crippen LogP contribution is -2.01. The molecule has 0 aromatic heterocycles. The second-order valence-corrected chi connectivity index (χ2v) is 6.67. The molecule has 7 heteroatoms. The van der Waals surface area contributed by atoms with Crippen molar-refractivity contribution in [3.8, 4) is 0 Å². The summed E-state index contributed by atoms with van der Waals surface area (Å²) in [5.74, 6) is 0. The Labute approximate surface area is 126 Å². The van der Waals surface area contributed by atoms with E-state index in [1.807, 2.05) is 0 Å². The van der Waals surface area contributed by atoms with Crippen molar-refractivity contribution in [3.05, 3.63) is 10.8 Å². The highest BCUT2D eigenvalue weighted by molar-refractivity contribution is 7.48. The van der Waals surface area contributed by atoms with Crippen LogP contribution in [0.5, 0.6) is 0 Å². The molecule has 0 spiro atoms. The summed E-state index contributed by atoms with van der Waals surface area (Å²) in [6.45, 7) is 4.81. The number of unbranched alkanes of at least 4 members (excludes halogenated alkanes) is 4. The lowest BCUT2D eigenvalue weighted by atomic mass is 10.3. The Balaban J connectivity index is 4.20. The molecule has 0 aliphatic carbocycles. The summed E-state index contributed by atoms with van der Waals surface area (Å²) >= 11 is 10.8. The molecule has 0 rings (SSSR count). The number of rotatable bonds is 12. The molecular weight excluding hydrogens is 310 g/mol. The molecule has 0 fully saturated rings. The third kappa shape index (κ3) is 11.8. The minimum atomic E-state index is -3.60. The lowest BCUT2D eigenvalue weighted by Gasteiger charge is -2.16. The maximum atomic E-state index is 12.2. The van der Waals surface area contributed by atoms with Crippen LogP contribution in [0.1, 0.15) is 52.4 Å². The predicted molar refractivity (Wildman–Crippen MR) is 79.4 cm³/mol. The molecule has 0 atom stereocenters. The Morgan fingerprint density at radius 3 is 1.84 bits per heavy atom. The van der Waals surface area contributed by atoms with Gasteiger partial charge in [-0.2, -0.15) is 0 Å². The van der Waals surface area contributed by atoms with Crippen LogP contribution in [0.3, 0.4) is 0 Å². The summed E-state index contributed by atoms with van der Waals surface area (Å²) in [5, 5.41) is 0. The fourth-order valence-electron chi connectivity index (χ4n) is 1.26. The summed E-state index contributed by atoms with van der Waals surface area (Å²) in [7, 11) is -3.60. The van der Waals surface area contributed by atoms with E-state index in [0.29, 0.717) is 13.2 Å². The van der Waals surface area contributed by atoms with Crippen molar-refractivity contribution >= 4 is 31.0 Å². The van der Waals surface area contributed by atoms with Crippen LogP contribution in [0.4, 0.5) is 0 Å². The molecule has 19 heavy (non-hydrogen) atoms. The third-order valence-electron chi connectivity index (χ3n) is 2.27. The molecule has 0 unspecified atom stereocenters. The highest BCUT2D eigenvalue weighted by Gasteiger charge is 2.26. The van der Waals surface area contributed by atoms with E-state index in [9.17, 15) is 4.57 Å². The molecule has 0 aromatic rings. The zero-order valence-corrected chi connectivity index (χ0v) is 14.0. The van der Waals surface area contributed by atoms with Gasteiger partial charge in [-0.25, -0.2) is 4.57 Å². The minimum absolute atomic E-state index is 0.130. The molecule has 0 aliphatic rings. The molecule has 0 bridgehead atoms. The third-order valence-corrected chi connectivity index (χ3v) is 3.80. The second kappa shape index (κ2) is 12.0. The van der Waals surface area contributed by atoms with Crippen LogP contribution >= 0.6 is 31.0 Å². The summed E-state index contributed by atoms with van der Waals surface area (Å²) in [6.07, 6.45) is 6.70. The van der Waals surface area contributed by atoms with Gasteiger partial charge in [-0.15, -0.1) is 0 Å². The summed E-state index contributed by atoms with van der Waals surface area (Å²) < 4.78 is 27.4. The van der Waals surface area contributed by atoms with Crippen molar-refractivity contribution in [2.24, 2.45) is 0 Å². The standard InChI is InChI=1S/C12H23Cl2O4P/c1-3-5-7-9-16-19(15,18-11-12(13)14)17-10-8-6-4-2/h11H,3-10H2,1-2H3. The van der Waals surface area contributed by atoms with Gasteiger partial charge in [-0.3, -0.25) is 9.05 Å². The average Bonchev–Trinajstić information content (AvgIpc) is 2.38. The maximum absolute atomic E-state index is 12.2. The molecule has 0 heterocycles. The number of phosphoric acid groups is 1. The van der Waals surface area contributed by atoms with E-state index in [1.165, 1.54) is 0 Å². The topological polar surface area (TPSA) is 44.8 Å². The molecule has 4 nitrogen and oxygen atoms in total. The number of hydrogen-bond donors (Lipinski definition) is 0. The van der Waals surface area contributed by atoms with E-state index in [4.69, 9.17) is 36.8 Å². The van der Waals surface area contributed by atoms with Crippen molar-refractivity contribution in [2.75, 3.05) is 13.2 Å². The quantitative estimate of drug-likeness (QED) is 0.257. The summed E-state index contributed by atoms with van der Waals surface area (Å²) in [5.41, 5.74) is 0. The smallest absolute Gasteiger partial charge is 0.409 e. The molecule has 0 aliphatic heterocycles. The zero-order valence-electron chi connectivity index (χ0n) is 11.6. The van der Waals surface area contributed by atoms with E-state index < -0.39 is 7.82 Å². The first kappa shape index (κ1) is 19.3. The monoisotopic (exact) mass is 332 g/mol. The lowest BCUT2D eigenvalue weighted by molar-refractivity contribution is 0.138. The van der Waals surface area contributed by atoms with Crippen LogP contribution in [0.25, 0.3) is 0 Å². The SMILES string of the molecule is CCCCCOP(=O)(OC=C(Cl)Cl)OCCCCC. The van der Waals surface area contributed by atoms with Crippen molar-refractivity contribution in [1.29, 1.82) is 0 Å². The second-order valence-electron chi connectivity index (χ2n) is 4.04. The van der Waals surface area contributed by atoms with Crippen molar-refractivity contribution in [2.45, 2.75) is 52.4 Å². The van der Waals surface area contributed by atoms with E-state index in [2.05, 4.69) is 13.8 Å². The first-order valence-electron chi connectivity index (χ1n) is 6.62. The molecule has 0 aromatic carbocycles. The van der Waals surface area contributed by atoms with Gasteiger partial charge in [0.2, 0.25) is 0 Å². The Morgan fingerprint density at radius 1 is 1.00 bits per heavy atom. The van der Waals surface area contributed by atoms with Gasteiger partial charge in [-0.05, 0) is 12.8 Å². The van der Waals surface area contributed by atoms with Crippen LogP contribution in [-0.4, -0.2) is 13.2 Å². The van der Waals surface area contributed by atoms with Gasteiger partial charge < -0.3 is 4.52 Å². The van der Waals surface area contributed by atoms with E-state index in [1.54, 1.807) is 0 Å². The molecule has 0 amide bonds. The predicted octanol–water partition coefficient (Wildman–Crippen LogP) is 5.80. The van der Waals surface area contributed by atoms with Crippen LogP contribution in [0, 0.1) is 0 Å². The Bertz CT molecular complexity index is 277. The number of hydrogen-bond acceptors (Lipinski definition) is 4. The van der Waals surface area contributed by atoms with Crippen molar-refractivity contribution in [3.63, 3.8) is 0 Å². The largest absolute Gasteiger partial charge is 0.529 e. The van der Waals surface area contributed by atoms with Crippen LogP contribution in [0.2, 0.25) is 0 Å². The van der Waals surface area contributed by atoms with Gasteiger partial charge in [0.1, 0.15) is 10.8 Å². The number of halogens is 2. The fraction of sp³-hybridized carbons (Fsp3) is 0.833. The summed E-state index contributed by atoms with van der Waals surface area (Å²) in [6, 6.07) is 0. The molecule has 0 N–H and O–H groups in total. The summed E-state index contributed by atoms with van der Waals surface area (Å²) in [4.78, 5) is 0. The highest BCUT2D eigenvalue weighted by atomic mass is 35.5. The van der Waals surface area contributed by atoms with Gasteiger partial charge in [0.15, 0.2) is 0 Å². The zero-order chi connectivity index (χ0) is 14.6. The van der Waals surface area contributed by atoms with Crippen molar-refractivity contribution < 1.29 is 18.1 Å². The van der Waals surface area contributed by atoms with E-state index >= 15 is 0 Å². The van der Waals surface area contributed by atoms with Crippen LogP contribution in [-0.2, 0) is 18.1 Å². The van der Waals surface area contributed by atoms with E-state index in [-0.39, 0.29) is 4.49 Å². The first-order valence-corrected chi connectivity index (χ1v) is 8.84. The first-order chi connectivity index (χ1) is 9.04. The van der Waals surface area contributed by atoms with Gasteiger partial charge in [-0.1, -0.05) is 62.7 Å². The molecule has 114 valence electrons. The van der Waals surface area contributed by atoms with Gasteiger partial charge >= 0.3 is 7.82 Å². The fourth-order valence-corrected chi connectivity index (χ4v) is 2.61. The van der Waals surface area contributed by atoms with Crippen molar-refractivity contribution in [1.82, 2.24) is 0 Å². The van der Waals surface area contributed by atoms with Gasteiger partial charge in [0.05, 0.1) is 13.2 Å². The van der Waals surface area contributed by atoms with Crippen LogP contribution < -0.4 is 0 Å². The Kier molecular flexibility index (Phi) is 12.2.